The Labute approximate surface area is 159 Å². The summed E-state index contributed by atoms with van der Waals surface area (Å²) in [4.78, 5) is 14.8. The zero-order valence-electron chi connectivity index (χ0n) is 16.2. The van der Waals surface area contributed by atoms with Gasteiger partial charge in [-0.2, -0.15) is 5.10 Å². The molecule has 1 atom stereocenters. The Balaban J connectivity index is 1.82. The van der Waals surface area contributed by atoms with Crippen LogP contribution in [0.1, 0.15) is 31.5 Å². The number of amides is 2. The predicted octanol–water partition coefficient (Wildman–Crippen LogP) is 3.30. The lowest BCUT2D eigenvalue weighted by Gasteiger charge is -2.26. The third-order valence-electron chi connectivity index (χ3n) is 4.82. The summed E-state index contributed by atoms with van der Waals surface area (Å²) in [5.41, 5.74) is 1.65. The molecule has 1 saturated heterocycles. The number of carbonyl (C=O) groups excluding carboxylic acids is 1. The summed E-state index contributed by atoms with van der Waals surface area (Å²) in [5.74, 6) is 1.48. The molecule has 8 nitrogen and oxygen atoms in total. The van der Waals surface area contributed by atoms with Gasteiger partial charge in [0.15, 0.2) is 11.5 Å². The predicted molar refractivity (Wildman–Crippen MR) is 102 cm³/mol. The SMILES string of the molecule is CCn1nccc1[C@@H]1CCCN1C(=O)Nc1cc(OC)c(OC)c(OC)c1. The average molecular weight is 374 g/mol. The molecule has 1 N–H and O–H groups in total. The summed E-state index contributed by atoms with van der Waals surface area (Å²) in [6.45, 7) is 3.53. The van der Waals surface area contributed by atoms with Gasteiger partial charge in [-0.25, -0.2) is 4.79 Å². The van der Waals surface area contributed by atoms with Crippen LogP contribution in [0.25, 0.3) is 0 Å². The van der Waals surface area contributed by atoms with Gasteiger partial charge in [0.05, 0.1) is 38.8 Å². The van der Waals surface area contributed by atoms with Crippen molar-refractivity contribution >= 4 is 11.7 Å². The lowest BCUT2D eigenvalue weighted by atomic mass is 10.1. The fraction of sp³-hybridized carbons (Fsp3) is 0.474. The third-order valence-corrected chi connectivity index (χ3v) is 4.82. The van der Waals surface area contributed by atoms with Crippen molar-refractivity contribution in [1.29, 1.82) is 0 Å². The highest BCUT2D eigenvalue weighted by Gasteiger charge is 2.32. The molecule has 0 spiro atoms. The Morgan fingerprint density at radius 1 is 1.22 bits per heavy atom. The van der Waals surface area contributed by atoms with Crippen molar-refractivity contribution in [2.24, 2.45) is 0 Å². The molecule has 0 radical (unpaired) electrons. The van der Waals surface area contributed by atoms with Crippen LogP contribution in [0.5, 0.6) is 17.2 Å². The van der Waals surface area contributed by atoms with E-state index < -0.39 is 0 Å². The molecular formula is C19H26N4O4. The van der Waals surface area contributed by atoms with E-state index in [2.05, 4.69) is 10.4 Å². The molecule has 8 heteroatoms. The van der Waals surface area contributed by atoms with E-state index in [9.17, 15) is 4.79 Å². The van der Waals surface area contributed by atoms with E-state index in [0.29, 0.717) is 29.5 Å². The zero-order chi connectivity index (χ0) is 19.4. The summed E-state index contributed by atoms with van der Waals surface area (Å²) < 4.78 is 18.0. The van der Waals surface area contributed by atoms with Crippen LogP contribution in [-0.4, -0.2) is 48.6 Å². The monoisotopic (exact) mass is 374 g/mol. The second-order valence-corrected chi connectivity index (χ2v) is 6.27. The van der Waals surface area contributed by atoms with Crippen molar-refractivity contribution in [3.05, 3.63) is 30.1 Å². The van der Waals surface area contributed by atoms with E-state index in [0.717, 1.165) is 25.1 Å². The number of rotatable bonds is 6. The van der Waals surface area contributed by atoms with Crippen LogP contribution in [0.2, 0.25) is 0 Å². The van der Waals surface area contributed by atoms with Crippen molar-refractivity contribution in [2.45, 2.75) is 32.4 Å². The normalized spacial score (nSPS) is 16.3. The van der Waals surface area contributed by atoms with Crippen molar-refractivity contribution < 1.29 is 19.0 Å². The number of hydrogen-bond acceptors (Lipinski definition) is 5. The molecule has 27 heavy (non-hydrogen) atoms. The van der Waals surface area contributed by atoms with Crippen molar-refractivity contribution in [1.82, 2.24) is 14.7 Å². The highest BCUT2D eigenvalue weighted by molar-refractivity contribution is 5.90. The number of aryl methyl sites for hydroxylation is 1. The second-order valence-electron chi connectivity index (χ2n) is 6.27. The Morgan fingerprint density at radius 2 is 1.93 bits per heavy atom. The van der Waals surface area contributed by atoms with E-state index in [1.54, 1.807) is 39.7 Å². The number of anilines is 1. The molecular weight excluding hydrogens is 348 g/mol. The van der Waals surface area contributed by atoms with Crippen LogP contribution in [0.3, 0.4) is 0 Å². The first-order valence-corrected chi connectivity index (χ1v) is 9.02. The molecule has 1 aliphatic heterocycles. The molecule has 0 saturated carbocycles. The number of nitrogens with zero attached hydrogens (tertiary/aromatic N) is 3. The number of aromatic nitrogens is 2. The van der Waals surface area contributed by atoms with Gasteiger partial charge >= 0.3 is 6.03 Å². The number of carbonyl (C=O) groups is 1. The highest BCUT2D eigenvalue weighted by atomic mass is 16.5. The van der Waals surface area contributed by atoms with Gasteiger partial charge in [0.2, 0.25) is 5.75 Å². The summed E-state index contributed by atoms with van der Waals surface area (Å²) >= 11 is 0. The van der Waals surface area contributed by atoms with Gasteiger partial charge < -0.3 is 24.4 Å². The fourth-order valence-electron chi connectivity index (χ4n) is 3.56. The molecule has 1 fully saturated rings. The summed E-state index contributed by atoms with van der Waals surface area (Å²) in [5, 5.41) is 7.29. The topological polar surface area (TPSA) is 77.9 Å². The fourth-order valence-corrected chi connectivity index (χ4v) is 3.56. The standard InChI is InChI=1S/C19H26N4O4/c1-5-23-15(8-9-20-23)14-7-6-10-22(14)19(24)21-13-11-16(25-2)18(27-4)17(12-13)26-3/h8-9,11-12,14H,5-7,10H2,1-4H3,(H,21,24)/t14-/m0/s1. The van der Waals surface area contributed by atoms with Crippen LogP contribution in [0.4, 0.5) is 10.5 Å². The Kier molecular flexibility index (Phi) is 5.73. The number of ether oxygens (including phenoxy) is 3. The van der Waals surface area contributed by atoms with Crippen LogP contribution in [-0.2, 0) is 6.54 Å². The van der Waals surface area contributed by atoms with E-state index >= 15 is 0 Å². The van der Waals surface area contributed by atoms with Gasteiger partial charge in [0, 0.05) is 31.4 Å². The maximum atomic E-state index is 12.9. The van der Waals surface area contributed by atoms with E-state index in [1.807, 2.05) is 22.6 Å². The number of methoxy groups -OCH3 is 3. The van der Waals surface area contributed by atoms with Crippen molar-refractivity contribution in [3.63, 3.8) is 0 Å². The zero-order valence-corrected chi connectivity index (χ0v) is 16.2. The minimum Gasteiger partial charge on any atom is -0.493 e. The molecule has 1 aromatic carbocycles. The van der Waals surface area contributed by atoms with Crippen LogP contribution in [0.15, 0.2) is 24.4 Å². The molecule has 2 aromatic rings. The minimum atomic E-state index is -0.157. The van der Waals surface area contributed by atoms with Gasteiger partial charge in [0.25, 0.3) is 0 Å². The maximum absolute atomic E-state index is 12.9. The summed E-state index contributed by atoms with van der Waals surface area (Å²) in [7, 11) is 4.64. The smallest absolute Gasteiger partial charge is 0.322 e. The van der Waals surface area contributed by atoms with Crippen LogP contribution >= 0.6 is 0 Å². The third kappa shape index (κ3) is 3.65. The largest absolute Gasteiger partial charge is 0.493 e. The minimum absolute atomic E-state index is 0.0227. The molecule has 0 bridgehead atoms. The first kappa shape index (κ1) is 18.9. The maximum Gasteiger partial charge on any atom is 0.322 e. The number of nitrogens with one attached hydrogen (secondary N) is 1. The number of likely N-dealkylation sites (tertiary alicyclic amines) is 1. The second kappa shape index (κ2) is 8.20. The molecule has 2 heterocycles. The highest BCUT2D eigenvalue weighted by Crippen LogP contribution is 2.40. The molecule has 0 aliphatic carbocycles. The van der Waals surface area contributed by atoms with Gasteiger partial charge in [-0.05, 0) is 25.8 Å². The molecule has 3 rings (SSSR count). The Hall–Kier alpha value is -2.90. The molecule has 1 aromatic heterocycles. The molecule has 146 valence electrons. The van der Waals surface area contributed by atoms with Gasteiger partial charge in [0.1, 0.15) is 0 Å². The average Bonchev–Trinajstić information content (AvgIpc) is 3.35. The van der Waals surface area contributed by atoms with Crippen LogP contribution in [0, 0.1) is 0 Å². The number of hydrogen-bond donors (Lipinski definition) is 1. The summed E-state index contributed by atoms with van der Waals surface area (Å²) in [6, 6.07) is 5.30. The van der Waals surface area contributed by atoms with Crippen molar-refractivity contribution in [3.8, 4) is 17.2 Å². The quantitative estimate of drug-likeness (QED) is 0.839. The van der Waals surface area contributed by atoms with Crippen molar-refractivity contribution in [2.75, 3.05) is 33.2 Å². The first-order valence-electron chi connectivity index (χ1n) is 9.02. The van der Waals surface area contributed by atoms with Gasteiger partial charge in [-0.15, -0.1) is 0 Å². The molecule has 1 aliphatic rings. The van der Waals surface area contributed by atoms with E-state index in [4.69, 9.17) is 14.2 Å². The number of benzene rings is 1. The first-order chi connectivity index (χ1) is 13.1. The van der Waals surface area contributed by atoms with E-state index in [1.165, 1.54) is 0 Å². The van der Waals surface area contributed by atoms with E-state index in [-0.39, 0.29) is 12.1 Å². The molecule has 2 amide bonds. The lowest BCUT2D eigenvalue weighted by Crippen LogP contribution is -2.35. The van der Waals surface area contributed by atoms with Crippen LogP contribution < -0.4 is 19.5 Å². The number of urea groups is 1. The summed E-state index contributed by atoms with van der Waals surface area (Å²) in [6.07, 6.45) is 3.67. The molecule has 0 unspecified atom stereocenters. The Bertz CT molecular complexity index is 780. The Morgan fingerprint density at radius 3 is 2.52 bits per heavy atom. The van der Waals surface area contributed by atoms with Gasteiger partial charge in [-0.1, -0.05) is 0 Å². The lowest BCUT2D eigenvalue weighted by molar-refractivity contribution is 0.204. The van der Waals surface area contributed by atoms with Gasteiger partial charge in [-0.3, -0.25) is 4.68 Å².